The molecular weight excluding hydrogens is 248 g/mol. The predicted octanol–water partition coefficient (Wildman–Crippen LogP) is 2.32. The van der Waals surface area contributed by atoms with Crippen LogP contribution in [0.3, 0.4) is 0 Å². The van der Waals surface area contributed by atoms with Crippen LogP contribution in [0, 0.1) is 0 Å². The number of carbonyl (C=O) groups is 2. The van der Waals surface area contributed by atoms with E-state index in [4.69, 9.17) is 9.47 Å². The molecule has 5 heteroatoms. The van der Waals surface area contributed by atoms with Gasteiger partial charge in [0.25, 0.3) is 0 Å². The summed E-state index contributed by atoms with van der Waals surface area (Å²) in [5, 5.41) is 0. The van der Waals surface area contributed by atoms with Gasteiger partial charge in [-0.25, -0.2) is 9.59 Å². The zero-order chi connectivity index (χ0) is 14.3. The Morgan fingerprint density at radius 1 is 1.37 bits per heavy atom. The van der Waals surface area contributed by atoms with Gasteiger partial charge in [-0.05, 0) is 32.0 Å². The Morgan fingerprint density at radius 3 is 2.74 bits per heavy atom. The quantitative estimate of drug-likeness (QED) is 0.448. The fourth-order valence-electron chi connectivity index (χ4n) is 1.21. The lowest BCUT2D eigenvalue weighted by Gasteiger charge is -2.09. The molecule has 0 unspecified atom stereocenters. The maximum absolute atomic E-state index is 11.7. The van der Waals surface area contributed by atoms with Gasteiger partial charge in [0.2, 0.25) is 6.79 Å². The van der Waals surface area contributed by atoms with Crippen LogP contribution < -0.4 is 4.74 Å². The fourth-order valence-corrected chi connectivity index (χ4v) is 1.21. The summed E-state index contributed by atoms with van der Waals surface area (Å²) in [6.07, 6.45) is 0.852. The highest BCUT2D eigenvalue weighted by molar-refractivity contribution is 5.89. The summed E-state index contributed by atoms with van der Waals surface area (Å²) in [6, 6.07) is 6.44. The van der Waals surface area contributed by atoms with Crippen LogP contribution in [0.1, 0.15) is 24.2 Å². The van der Waals surface area contributed by atoms with E-state index >= 15 is 0 Å². The van der Waals surface area contributed by atoms with Crippen molar-refractivity contribution in [1.29, 1.82) is 0 Å². The molecule has 1 aromatic carbocycles. The summed E-state index contributed by atoms with van der Waals surface area (Å²) in [4.78, 5) is 22.5. The first-order valence-corrected chi connectivity index (χ1v) is 5.76. The highest BCUT2D eigenvalue weighted by atomic mass is 16.7. The van der Waals surface area contributed by atoms with Gasteiger partial charge in [-0.1, -0.05) is 12.6 Å². The highest BCUT2D eigenvalue weighted by Gasteiger charge is 2.10. The summed E-state index contributed by atoms with van der Waals surface area (Å²) in [5.41, 5.74) is 0.376. The molecule has 0 saturated heterocycles. The van der Waals surface area contributed by atoms with Crippen LogP contribution in [0.15, 0.2) is 36.9 Å². The maximum atomic E-state index is 11.7. The minimum atomic E-state index is -0.574. The second kappa shape index (κ2) is 7.20. The molecule has 0 aliphatic rings. The molecular formula is C14H16O5. The molecule has 0 aromatic heterocycles. The molecule has 0 aliphatic heterocycles. The summed E-state index contributed by atoms with van der Waals surface area (Å²) >= 11 is 0. The number of hydrogen-bond donors (Lipinski definition) is 0. The van der Waals surface area contributed by atoms with Gasteiger partial charge in [0, 0.05) is 6.08 Å². The van der Waals surface area contributed by atoms with Crippen LogP contribution >= 0.6 is 0 Å². The Balaban J connectivity index is 2.59. The molecule has 0 saturated carbocycles. The largest absolute Gasteiger partial charge is 0.459 e. The number of hydrogen-bond acceptors (Lipinski definition) is 5. The summed E-state index contributed by atoms with van der Waals surface area (Å²) in [6.45, 7) is 6.56. The van der Waals surface area contributed by atoms with E-state index in [0.29, 0.717) is 11.3 Å². The number of rotatable bonds is 6. The van der Waals surface area contributed by atoms with Crippen molar-refractivity contribution < 1.29 is 23.8 Å². The first-order chi connectivity index (χ1) is 9.02. The number of ether oxygens (including phenoxy) is 3. The van der Waals surface area contributed by atoms with E-state index in [1.165, 1.54) is 6.07 Å². The zero-order valence-corrected chi connectivity index (χ0v) is 10.9. The number of carbonyl (C=O) groups excluding carboxylic acids is 2. The average Bonchev–Trinajstić information content (AvgIpc) is 2.38. The third-order valence-corrected chi connectivity index (χ3v) is 2.01. The molecule has 0 aliphatic carbocycles. The normalized spacial score (nSPS) is 9.84. The van der Waals surface area contributed by atoms with Gasteiger partial charge in [0.05, 0.1) is 11.7 Å². The number of benzene rings is 1. The van der Waals surface area contributed by atoms with E-state index in [0.717, 1.165) is 6.08 Å². The molecule has 0 bridgehead atoms. The fraction of sp³-hybridized carbons (Fsp3) is 0.286. The maximum Gasteiger partial charge on any atom is 0.338 e. The van der Waals surface area contributed by atoms with Crippen molar-refractivity contribution in [2.75, 3.05) is 6.79 Å². The molecule has 0 N–H and O–H groups in total. The van der Waals surface area contributed by atoms with E-state index in [2.05, 4.69) is 11.3 Å². The average molecular weight is 264 g/mol. The van der Waals surface area contributed by atoms with E-state index < -0.39 is 11.9 Å². The third-order valence-electron chi connectivity index (χ3n) is 2.01. The van der Waals surface area contributed by atoms with Crippen molar-refractivity contribution in [3.63, 3.8) is 0 Å². The third kappa shape index (κ3) is 5.25. The lowest BCUT2D eigenvalue weighted by molar-refractivity contribution is -0.144. The van der Waals surface area contributed by atoms with Crippen molar-refractivity contribution in [2.24, 2.45) is 0 Å². The van der Waals surface area contributed by atoms with E-state index in [9.17, 15) is 9.59 Å². The second-order valence-electron chi connectivity index (χ2n) is 3.91. The van der Waals surface area contributed by atoms with Crippen LogP contribution in [-0.4, -0.2) is 24.8 Å². The lowest BCUT2D eigenvalue weighted by Crippen LogP contribution is -2.12. The smallest absolute Gasteiger partial charge is 0.338 e. The van der Waals surface area contributed by atoms with Crippen molar-refractivity contribution in [1.82, 2.24) is 0 Å². The lowest BCUT2D eigenvalue weighted by atomic mass is 10.2. The molecule has 0 fully saturated rings. The minimum absolute atomic E-state index is 0.189. The first-order valence-electron chi connectivity index (χ1n) is 5.76. The molecule has 0 amide bonds. The molecule has 1 rings (SSSR count). The summed E-state index contributed by atoms with van der Waals surface area (Å²) in [5.74, 6) is -0.589. The Bertz CT molecular complexity index is 465. The van der Waals surface area contributed by atoms with Crippen LogP contribution in [0.4, 0.5) is 0 Å². The van der Waals surface area contributed by atoms with E-state index in [1.807, 2.05) is 0 Å². The Labute approximate surface area is 111 Å². The van der Waals surface area contributed by atoms with Crippen molar-refractivity contribution in [2.45, 2.75) is 20.0 Å². The Hall–Kier alpha value is -2.30. The van der Waals surface area contributed by atoms with E-state index in [-0.39, 0.29) is 12.9 Å². The SMILES string of the molecule is C=CC(=O)OCOc1cccc(C(=O)OC(C)C)c1. The van der Waals surface area contributed by atoms with Crippen molar-refractivity contribution in [3.8, 4) is 5.75 Å². The molecule has 0 heterocycles. The highest BCUT2D eigenvalue weighted by Crippen LogP contribution is 2.14. The molecule has 0 spiro atoms. The van der Waals surface area contributed by atoms with Gasteiger partial charge in [0.15, 0.2) is 0 Å². The van der Waals surface area contributed by atoms with E-state index in [1.54, 1.807) is 32.0 Å². The molecule has 1 aromatic rings. The molecule has 102 valence electrons. The van der Waals surface area contributed by atoms with Crippen molar-refractivity contribution in [3.05, 3.63) is 42.5 Å². The monoisotopic (exact) mass is 264 g/mol. The second-order valence-corrected chi connectivity index (χ2v) is 3.91. The van der Waals surface area contributed by atoms with Crippen LogP contribution in [0.5, 0.6) is 5.75 Å². The van der Waals surface area contributed by atoms with Gasteiger partial charge in [-0.3, -0.25) is 0 Å². The molecule has 19 heavy (non-hydrogen) atoms. The van der Waals surface area contributed by atoms with Gasteiger partial charge in [-0.2, -0.15) is 0 Å². The van der Waals surface area contributed by atoms with Crippen LogP contribution in [-0.2, 0) is 14.3 Å². The number of esters is 2. The summed E-state index contributed by atoms with van der Waals surface area (Å²) < 4.78 is 14.9. The molecule has 0 radical (unpaired) electrons. The van der Waals surface area contributed by atoms with Crippen LogP contribution in [0.25, 0.3) is 0 Å². The van der Waals surface area contributed by atoms with Gasteiger partial charge >= 0.3 is 11.9 Å². The zero-order valence-electron chi connectivity index (χ0n) is 10.9. The first kappa shape index (κ1) is 14.8. The molecule has 5 nitrogen and oxygen atoms in total. The topological polar surface area (TPSA) is 61.8 Å². The van der Waals surface area contributed by atoms with Gasteiger partial charge in [0.1, 0.15) is 5.75 Å². The Morgan fingerprint density at radius 2 is 2.11 bits per heavy atom. The van der Waals surface area contributed by atoms with Gasteiger partial charge < -0.3 is 14.2 Å². The van der Waals surface area contributed by atoms with Crippen molar-refractivity contribution >= 4 is 11.9 Å². The minimum Gasteiger partial charge on any atom is -0.459 e. The predicted molar refractivity (Wildman–Crippen MR) is 68.8 cm³/mol. The standard InChI is InChI=1S/C14H16O5/c1-4-13(15)18-9-17-12-7-5-6-11(8-12)14(16)19-10(2)3/h4-8,10H,1,9H2,2-3H3. The Kier molecular flexibility index (Phi) is 5.60. The molecule has 0 atom stereocenters. The summed E-state index contributed by atoms with van der Waals surface area (Å²) in [7, 11) is 0. The van der Waals surface area contributed by atoms with Gasteiger partial charge in [-0.15, -0.1) is 0 Å². The van der Waals surface area contributed by atoms with Crippen LogP contribution in [0.2, 0.25) is 0 Å².